The molecule has 0 aliphatic heterocycles. The molecular formula is C50H33NS. The fourth-order valence-electron chi connectivity index (χ4n) is 7.53. The first kappa shape index (κ1) is 30.4. The van der Waals surface area contributed by atoms with E-state index in [0.29, 0.717) is 0 Å². The van der Waals surface area contributed by atoms with Gasteiger partial charge >= 0.3 is 0 Å². The van der Waals surface area contributed by atoms with E-state index in [0.717, 1.165) is 17.1 Å². The molecule has 0 saturated carbocycles. The molecule has 1 heterocycles. The molecule has 0 aliphatic rings. The van der Waals surface area contributed by atoms with Gasteiger partial charge in [-0.2, -0.15) is 0 Å². The van der Waals surface area contributed by atoms with Gasteiger partial charge < -0.3 is 4.90 Å². The van der Waals surface area contributed by atoms with Crippen molar-refractivity contribution in [2.45, 2.75) is 0 Å². The summed E-state index contributed by atoms with van der Waals surface area (Å²) in [6.45, 7) is 0. The van der Waals surface area contributed by atoms with E-state index >= 15 is 0 Å². The van der Waals surface area contributed by atoms with Gasteiger partial charge in [0.05, 0.1) is 0 Å². The molecule has 0 aliphatic carbocycles. The zero-order chi connectivity index (χ0) is 34.4. The van der Waals surface area contributed by atoms with Gasteiger partial charge in [0.15, 0.2) is 0 Å². The first-order valence-electron chi connectivity index (χ1n) is 17.7. The average Bonchev–Trinajstić information content (AvgIpc) is 3.59. The first-order valence-corrected chi connectivity index (χ1v) is 18.6. The van der Waals surface area contributed by atoms with E-state index in [1.165, 1.54) is 75.1 Å². The topological polar surface area (TPSA) is 3.24 Å². The summed E-state index contributed by atoms with van der Waals surface area (Å²) in [4.78, 5) is 2.40. The Kier molecular flexibility index (Phi) is 7.41. The number of thiophene rings is 1. The van der Waals surface area contributed by atoms with Crippen molar-refractivity contribution < 1.29 is 0 Å². The van der Waals surface area contributed by atoms with Gasteiger partial charge in [-0.25, -0.2) is 0 Å². The second-order valence-electron chi connectivity index (χ2n) is 13.4. The van der Waals surface area contributed by atoms with Gasteiger partial charge in [-0.1, -0.05) is 146 Å². The van der Waals surface area contributed by atoms with Gasteiger partial charge in [-0.3, -0.25) is 0 Å². The number of rotatable bonds is 6. The number of hydrogen-bond donors (Lipinski definition) is 0. The highest BCUT2D eigenvalue weighted by atomic mass is 32.1. The molecule has 9 aromatic carbocycles. The zero-order valence-electron chi connectivity index (χ0n) is 28.4. The van der Waals surface area contributed by atoms with Crippen LogP contribution < -0.4 is 4.90 Å². The normalized spacial score (nSPS) is 11.5. The van der Waals surface area contributed by atoms with Gasteiger partial charge in [0, 0.05) is 37.2 Å². The fourth-order valence-corrected chi connectivity index (χ4v) is 8.67. The summed E-state index contributed by atoms with van der Waals surface area (Å²) in [6, 6.07) is 73.1. The van der Waals surface area contributed by atoms with Crippen LogP contribution in [-0.2, 0) is 0 Å². The minimum atomic E-state index is 1.13. The molecule has 0 fully saturated rings. The first-order chi connectivity index (χ1) is 25.7. The molecule has 0 atom stereocenters. The number of benzene rings is 9. The summed E-state index contributed by atoms with van der Waals surface area (Å²) in [6.07, 6.45) is 0. The molecule has 0 N–H and O–H groups in total. The average molecular weight is 680 g/mol. The molecular weight excluding hydrogens is 647 g/mol. The molecule has 0 spiro atoms. The summed E-state index contributed by atoms with van der Waals surface area (Å²) < 4.78 is 2.61. The van der Waals surface area contributed by atoms with E-state index in [9.17, 15) is 0 Å². The van der Waals surface area contributed by atoms with Crippen molar-refractivity contribution in [2.75, 3.05) is 4.90 Å². The third-order valence-corrected chi connectivity index (χ3v) is 11.3. The Balaban J connectivity index is 1.06. The fraction of sp³-hybridized carbons (Fsp3) is 0. The van der Waals surface area contributed by atoms with Crippen LogP contribution in [0.4, 0.5) is 17.1 Å². The van der Waals surface area contributed by atoms with Crippen LogP contribution in [0.2, 0.25) is 0 Å². The summed E-state index contributed by atoms with van der Waals surface area (Å²) in [5.74, 6) is 0. The quantitative estimate of drug-likeness (QED) is 0.169. The van der Waals surface area contributed by atoms with Crippen molar-refractivity contribution in [2.24, 2.45) is 0 Å². The van der Waals surface area contributed by atoms with Gasteiger partial charge in [0.1, 0.15) is 0 Å². The highest BCUT2D eigenvalue weighted by Gasteiger charge is 2.16. The molecule has 0 unspecified atom stereocenters. The Morgan fingerprint density at radius 2 is 0.788 bits per heavy atom. The lowest BCUT2D eigenvalue weighted by atomic mass is 9.97. The SMILES string of the molecule is c1ccc(-c2cccc(N(c3ccc4ccc(-c5ccc(-c6ccc7ccccc7c6)cc5)cc4c3)c3ccc4c(c3)sc3ccccc34)c2)cc1. The molecule has 0 bridgehead atoms. The second-order valence-corrected chi connectivity index (χ2v) is 14.5. The van der Waals surface area contributed by atoms with E-state index in [1.54, 1.807) is 0 Å². The van der Waals surface area contributed by atoms with Gasteiger partial charge in [0.2, 0.25) is 0 Å². The van der Waals surface area contributed by atoms with E-state index in [2.05, 4.69) is 205 Å². The van der Waals surface area contributed by atoms with Crippen molar-refractivity contribution in [3.63, 3.8) is 0 Å². The third-order valence-electron chi connectivity index (χ3n) is 10.2. The summed E-state index contributed by atoms with van der Waals surface area (Å²) >= 11 is 1.86. The molecule has 1 nitrogen and oxygen atoms in total. The lowest BCUT2D eigenvalue weighted by Crippen LogP contribution is -2.10. The minimum Gasteiger partial charge on any atom is -0.310 e. The van der Waals surface area contributed by atoms with E-state index < -0.39 is 0 Å². The molecule has 2 heteroatoms. The van der Waals surface area contributed by atoms with Crippen LogP contribution in [0.3, 0.4) is 0 Å². The van der Waals surface area contributed by atoms with Crippen LogP contribution in [0, 0.1) is 0 Å². The smallest absolute Gasteiger partial charge is 0.0476 e. The lowest BCUT2D eigenvalue weighted by molar-refractivity contribution is 1.30. The monoisotopic (exact) mass is 679 g/mol. The van der Waals surface area contributed by atoms with Crippen molar-refractivity contribution >= 4 is 70.1 Å². The molecule has 10 rings (SSSR count). The molecule has 0 radical (unpaired) electrons. The number of fused-ring (bicyclic) bond motifs is 5. The standard InChI is InChI=1S/C50H33NS/c1-2-9-34(10-3-1)40-13-8-14-44(31-40)51(46-27-28-48-47-15-6-7-16-49(47)52-50(48)33-46)45-26-25-38-22-24-42(30-43(38)32-45)37-19-17-36(18-20-37)41-23-21-35-11-4-5-12-39(35)29-41/h1-33H. The number of nitrogens with zero attached hydrogens (tertiary/aromatic N) is 1. The number of anilines is 3. The van der Waals surface area contributed by atoms with Crippen molar-refractivity contribution in [3.8, 4) is 33.4 Å². The minimum absolute atomic E-state index is 1.13. The van der Waals surface area contributed by atoms with Gasteiger partial charge in [0.25, 0.3) is 0 Å². The van der Waals surface area contributed by atoms with Crippen molar-refractivity contribution in [3.05, 3.63) is 200 Å². The molecule has 10 aromatic rings. The molecule has 1 aromatic heterocycles. The predicted octanol–water partition coefficient (Wildman–Crippen LogP) is 14.8. The summed E-state index contributed by atoms with van der Waals surface area (Å²) in [5, 5.41) is 7.58. The molecule has 244 valence electrons. The maximum Gasteiger partial charge on any atom is 0.0476 e. The van der Waals surface area contributed by atoms with Crippen LogP contribution >= 0.6 is 11.3 Å². The van der Waals surface area contributed by atoms with E-state index in [4.69, 9.17) is 0 Å². The van der Waals surface area contributed by atoms with Crippen LogP contribution in [-0.4, -0.2) is 0 Å². The molecule has 52 heavy (non-hydrogen) atoms. The Labute approximate surface area is 307 Å². The molecule has 0 amide bonds. The van der Waals surface area contributed by atoms with Gasteiger partial charge in [-0.05, 0) is 110 Å². The van der Waals surface area contributed by atoms with Crippen LogP contribution in [0.15, 0.2) is 200 Å². The van der Waals surface area contributed by atoms with Crippen molar-refractivity contribution in [1.29, 1.82) is 0 Å². The van der Waals surface area contributed by atoms with E-state index in [1.807, 2.05) is 11.3 Å². The van der Waals surface area contributed by atoms with Crippen LogP contribution in [0.25, 0.3) is 75.1 Å². The Hall–Kier alpha value is -6.48. The maximum absolute atomic E-state index is 2.40. The Bertz CT molecular complexity index is 2900. The maximum atomic E-state index is 2.40. The second kappa shape index (κ2) is 12.7. The zero-order valence-corrected chi connectivity index (χ0v) is 29.2. The predicted molar refractivity (Wildman–Crippen MR) is 225 cm³/mol. The Morgan fingerprint density at radius 3 is 1.60 bits per heavy atom. The summed E-state index contributed by atoms with van der Waals surface area (Å²) in [7, 11) is 0. The Morgan fingerprint density at radius 1 is 0.269 bits per heavy atom. The van der Waals surface area contributed by atoms with Crippen LogP contribution in [0.1, 0.15) is 0 Å². The summed E-state index contributed by atoms with van der Waals surface area (Å²) in [5.41, 5.74) is 10.7. The highest BCUT2D eigenvalue weighted by molar-refractivity contribution is 7.25. The number of hydrogen-bond acceptors (Lipinski definition) is 2. The highest BCUT2D eigenvalue weighted by Crippen LogP contribution is 2.42. The third kappa shape index (κ3) is 5.51. The lowest BCUT2D eigenvalue weighted by Gasteiger charge is -2.26. The largest absolute Gasteiger partial charge is 0.310 e. The van der Waals surface area contributed by atoms with Gasteiger partial charge in [-0.15, -0.1) is 11.3 Å². The van der Waals surface area contributed by atoms with Crippen molar-refractivity contribution in [1.82, 2.24) is 0 Å². The molecule has 0 saturated heterocycles. The van der Waals surface area contributed by atoms with Crippen LogP contribution in [0.5, 0.6) is 0 Å². The van der Waals surface area contributed by atoms with E-state index in [-0.39, 0.29) is 0 Å².